The number of nitrogens with zero attached hydrogens (tertiary/aromatic N) is 2. The number of Topliss-reactive ketones (excluding diaryl/α,β-unsaturated/α-hetero) is 1. The maximum absolute atomic E-state index is 14.3. The topological polar surface area (TPSA) is 144 Å². The van der Waals surface area contributed by atoms with Crippen molar-refractivity contribution in [3.63, 3.8) is 0 Å². The molecule has 3 aromatic rings. The molecular weight excluding hydrogens is 590 g/mol. The Balaban J connectivity index is 1.92. The number of non-ortho nitro benzene ring substituents is 1. The summed E-state index contributed by atoms with van der Waals surface area (Å²) in [4.78, 5) is 27.3. The molecule has 0 saturated carbocycles. The lowest BCUT2D eigenvalue weighted by molar-refractivity contribution is -0.384. The number of carbonyl (C=O) groups is 1. The molecular formula is C35H37N3O8. The summed E-state index contributed by atoms with van der Waals surface area (Å²) >= 11 is 0. The van der Waals surface area contributed by atoms with Gasteiger partial charge in [0.15, 0.2) is 17.3 Å². The normalized spacial score (nSPS) is 18.6. The summed E-state index contributed by atoms with van der Waals surface area (Å²) in [5.74, 6) is 0.170. The second-order valence-electron chi connectivity index (χ2n) is 12.1. The number of hydrogen-bond donors (Lipinski definition) is 2. The quantitative estimate of drug-likeness (QED) is 0.151. The average Bonchev–Trinajstić information content (AvgIpc) is 3.03. The van der Waals surface area contributed by atoms with Crippen molar-refractivity contribution in [2.45, 2.75) is 39.5 Å². The minimum Gasteiger partial charge on any atom is -0.507 e. The van der Waals surface area contributed by atoms with Crippen molar-refractivity contribution in [3.05, 3.63) is 98.2 Å². The number of ketones is 1. The fraction of sp³-hybridized carbons (Fsp3) is 0.314. The number of anilines is 1. The number of nitro groups is 1. The first-order chi connectivity index (χ1) is 21.8. The minimum atomic E-state index is -0.919. The number of amidine groups is 1. The molecule has 1 aliphatic carbocycles. The number of carbonyl (C=O) groups excluding carboxylic acids is 1. The molecule has 11 heteroatoms. The standard InChI is InChI=1S/C35H37N3O8/c1-19-8-11-22(38(41)42)16-24(19)37-25-17-35(2,3)18-26(39)30(25)29(21-14-27(44-5)33(46-7)28(15-21)45-6)31(34(37)36)32(40)20-9-12-23(43-4)13-10-20/h8-16,29,36,40H,17-18H2,1-7H3/b32-31+,36-34?. The van der Waals surface area contributed by atoms with Crippen LogP contribution in [0.25, 0.3) is 5.76 Å². The van der Waals surface area contributed by atoms with E-state index in [0.717, 1.165) is 0 Å². The molecule has 0 radical (unpaired) electrons. The van der Waals surface area contributed by atoms with Gasteiger partial charge in [-0.25, -0.2) is 0 Å². The summed E-state index contributed by atoms with van der Waals surface area (Å²) in [6, 6.07) is 14.6. The van der Waals surface area contributed by atoms with Crippen LogP contribution in [0.5, 0.6) is 23.0 Å². The van der Waals surface area contributed by atoms with Gasteiger partial charge in [0.2, 0.25) is 5.75 Å². The van der Waals surface area contributed by atoms with Crippen LogP contribution in [0.1, 0.15) is 49.3 Å². The van der Waals surface area contributed by atoms with E-state index < -0.39 is 16.3 Å². The lowest BCUT2D eigenvalue weighted by atomic mass is 9.67. The Bertz CT molecular complexity index is 1780. The van der Waals surface area contributed by atoms with Crippen molar-refractivity contribution >= 4 is 28.8 Å². The first-order valence-electron chi connectivity index (χ1n) is 14.6. The van der Waals surface area contributed by atoms with Gasteiger partial charge in [-0.05, 0) is 66.3 Å². The van der Waals surface area contributed by atoms with Gasteiger partial charge in [0.05, 0.1) is 39.0 Å². The fourth-order valence-corrected chi connectivity index (χ4v) is 6.34. The zero-order valence-corrected chi connectivity index (χ0v) is 26.9. The van der Waals surface area contributed by atoms with Gasteiger partial charge in [-0.15, -0.1) is 0 Å². The second kappa shape index (κ2) is 12.2. The van der Waals surface area contributed by atoms with Crippen LogP contribution in [0, 0.1) is 27.9 Å². The maximum Gasteiger partial charge on any atom is 0.271 e. The molecule has 46 heavy (non-hydrogen) atoms. The Hall–Kier alpha value is -5.32. The van der Waals surface area contributed by atoms with Crippen molar-refractivity contribution < 1.29 is 33.8 Å². The molecule has 5 rings (SSSR count). The largest absolute Gasteiger partial charge is 0.507 e. The molecule has 0 spiro atoms. The van der Waals surface area contributed by atoms with Crippen LogP contribution < -0.4 is 23.8 Å². The van der Waals surface area contributed by atoms with Gasteiger partial charge < -0.3 is 24.1 Å². The number of aliphatic hydroxyl groups excluding tert-OH is 1. The van der Waals surface area contributed by atoms with Gasteiger partial charge in [0.25, 0.3) is 5.69 Å². The van der Waals surface area contributed by atoms with Crippen LogP contribution in [0.4, 0.5) is 11.4 Å². The van der Waals surface area contributed by atoms with E-state index in [1.54, 1.807) is 54.3 Å². The number of methoxy groups -OCH3 is 4. The monoisotopic (exact) mass is 627 g/mol. The fourth-order valence-electron chi connectivity index (χ4n) is 6.34. The number of hydrogen-bond acceptors (Lipinski definition) is 9. The molecule has 1 aliphatic heterocycles. The maximum atomic E-state index is 14.3. The van der Waals surface area contributed by atoms with Crippen molar-refractivity contribution in [1.82, 2.24) is 0 Å². The third kappa shape index (κ3) is 5.53. The van der Waals surface area contributed by atoms with E-state index in [9.17, 15) is 25.4 Å². The Morgan fingerprint density at radius 2 is 1.59 bits per heavy atom. The molecule has 0 bridgehead atoms. The highest BCUT2D eigenvalue weighted by atomic mass is 16.6. The van der Waals surface area contributed by atoms with Crippen LogP contribution in [-0.2, 0) is 4.79 Å². The number of nitro benzene ring substituents is 1. The number of aliphatic hydroxyl groups is 1. The highest BCUT2D eigenvalue weighted by Crippen LogP contribution is 2.53. The Labute approximate surface area is 267 Å². The molecule has 2 N–H and O–H groups in total. The summed E-state index contributed by atoms with van der Waals surface area (Å²) in [6.07, 6.45) is 0.620. The van der Waals surface area contributed by atoms with E-state index in [0.29, 0.717) is 63.1 Å². The molecule has 2 aliphatic rings. The van der Waals surface area contributed by atoms with Crippen LogP contribution in [0.3, 0.4) is 0 Å². The minimum absolute atomic E-state index is 0.125. The molecule has 0 saturated heterocycles. The molecule has 0 aromatic heterocycles. The van der Waals surface area contributed by atoms with Crippen LogP contribution in [0.15, 0.2) is 71.4 Å². The molecule has 0 fully saturated rings. The van der Waals surface area contributed by atoms with Gasteiger partial charge in [0.1, 0.15) is 17.3 Å². The van der Waals surface area contributed by atoms with Crippen LogP contribution in [0.2, 0.25) is 0 Å². The zero-order valence-electron chi connectivity index (χ0n) is 26.9. The third-order valence-corrected chi connectivity index (χ3v) is 8.51. The predicted molar refractivity (Wildman–Crippen MR) is 174 cm³/mol. The van der Waals surface area contributed by atoms with E-state index in [2.05, 4.69) is 0 Å². The van der Waals surface area contributed by atoms with Gasteiger partial charge in [-0.1, -0.05) is 19.9 Å². The van der Waals surface area contributed by atoms with E-state index >= 15 is 0 Å². The van der Waals surface area contributed by atoms with Crippen molar-refractivity contribution in [3.8, 4) is 23.0 Å². The van der Waals surface area contributed by atoms with Crippen molar-refractivity contribution in [2.24, 2.45) is 5.41 Å². The third-order valence-electron chi connectivity index (χ3n) is 8.51. The van der Waals surface area contributed by atoms with Crippen LogP contribution >= 0.6 is 0 Å². The lowest BCUT2D eigenvalue weighted by Gasteiger charge is -2.45. The highest BCUT2D eigenvalue weighted by molar-refractivity contribution is 6.20. The van der Waals surface area contributed by atoms with Crippen molar-refractivity contribution in [1.29, 1.82) is 5.41 Å². The Morgan fingerprint density at radius 3 is 2.13 bits per heavy atom. The molecule has 240 valence electrons. The molecule has 1 heterocycles. The van der Waals surface area contributed by atoms with E-state index in [1.807, 2.05) is 13.8 Å². The highest BCUT2D eigenvalue weighted by Gasteiger charge is 2.47. The molecule has 0 amide bonds. The first-order valence-corrected chi connectivity index (χ1v) is 14.6. The van der Waals surface area contributed by atoms with Gasteiger partial charge in [-0.2, -0.15) is 0 Å². The smallest absolute Gasteiger partial charge is 0.271 e. The second-order valence-corrected chi connectivity index (χ2v) is 12.1. The van der Waals surface area contributed by atoms with Gasteiger partial charge >= 0.3 is 0 Å². The van der Waals surface area contributed by atoms with Crippen molar-refractivity contribution in [2.75, 3.05) is 33.3 Å². The van der Waals surface area contributed by atoms with E-state index in [-0.39, 0.29) is 35.1 Å². The zero-order chi connectivity index (χ0) is 33.5. The summed E-state index contributed by atoms with van der Waals surface area (Å²) in [6.45, 7) is 5.75. The molecule has 11 nitrogen and oxygen atoms in total. The Kier molecular flexibility index (Phi) is 8.53. The summed E-state index contributed by atoms with van der Waals surface area (Å²) in [5, 5.41) is 33.7. The van der Waals surface area contributed by atoms with E-state index in [4.69, 9.17) is 18.9 Å². The first kappa shape index (κ1) is 32.1. The number of allylic oxidation sites excluding steroid dienone is 2. The number of rotatable bonds is 8. The lowest BCUT2D eigenvalue weighted by Crippen LogP contribution is -2.45. The summed E-state index contributed by atoms with van der Waals surface area (Å²) in [7, 11) is 6.00. The molecule has 3 aromatic carbocycles. The van der Waals surface area contributed by atoms with Gasteiger partial charge in [-0.3, -0.25) is 25.2 Å². The average molecular weight is 628 g/mol. The number of benzene rings is 3. The number of aryl methyl sites for hydroxylation is 1. The summed E-state index contributed by atoms with van der Waals surface area (Å²) < 4.78 is 22.2. The number of nitrogens with one attached hydrogen (secondary N) is 1. The predicted octanol–water partition coefficient (Wildman–Crippen LogP) is 7.13. The van der Waals surface area contributed by atoms with E-state index in [1.165, 1.54) is 40.6 Å². The number of ether oxygens (including phenoxy) is 4. The Morgan fingerprint density at radius 1 is 0.957 bits per heavy atom. The van der Waals surface area contributed by atoms with Crippen LogP contribution in [-0.4, -0.2) is 50.1 Å². The summed E-state index contributed by atoms with van der Waals surface area (Å²) in [5.41, 5.74) is 2.39. The molecule has 1 unspecified atom stereocenters. The van der Waals surface area contributed by atoms with Gasteiger partial charge in [0, 0.05) is 46.9 Å². The SMILES string of the molecule is COc1ccc(/C(O)=C2\C(=N)N(c3cc([N+](=O)[O-])ccc3C)C3=C(C(=O)CC(C)(C)C3)C2c2cc(OC)c(OC)c(OC)c2)cc1. The molecule has 1 atom stereocenters.